The minimum atomic E-state index is -1.95. The van der Waals surface area contributed by atoms with Crippen LogP contribution in [0.15, 0.2) is 147 Å². The number of rotatable bonds is 21. The maximum atomic E-state index is 15.9. The zero-order chi connectivity index (χ0) is 83.1. The lowest BCUT2D eigenvalue weighted by Gasteiger charge is -2.31. The number of aromatic amines is 4. The standard InChI is InChI=1S/C83H103N19O12S2/c1-82(2)39-70(105)54-36-68(103)50(32-52-40-91-59-24-13-11-22-57(52)59)35-69(104)61(26-15-16-28-72(84)85)95-75(109)64(31-49-20-9-6-10-21-49)98-78(112)66(38-56-43-89-47-94-56)101-80(114)83(3,4)102-79(113)67(45-116-115-44-54)100-77(111)65(34-53-41-92-60-25-14-12-23-58(53)60)99-74(108)62(27-17-29-90-81(86)87)96-76(110)63(30-48-18-7-5-8-19-48)97-73(107)51(37-71(82)106)33-55-42-88-46-93-55/h5-14,18-25,40-43,46-47,50-51,54,61-67,91-92H,15-17,26-39,44-45H2,1-4H3,(H3,84,85)(H,88,93)(H,89,94)(H,95,109)(H,96,110)(H,97,107)(H,98,112)(H,99,108)(H,100,111)(H,101,114)(H,102,113)(H4,86,87,90)/t50-,51-,54+,61+,62+,63-,64-,65+,66+,67+/m1/s1. The number of unbranched alkanes of at least 4 members (excludes halogenated alkanes) is 1. The number of hydrogen-bond acceptors (Lipinski definition) is 18. The Bertz CT molecular complexity index is 4500. The number of nitrogens with zero attached hydrogens (tertiary/aromatic N) is 2. The Kier molecular flexibility index (Phi) is 30.6. The molecule has 116 heavy (non-hydrogen) atoms. The van der Waals surface area contributed by atoms with Crippen LogP contribution >= 0.6 is 21.6 Å². The molecule has 0 saturated carbocycles. The number of carbonyl (C=O) groups excluding carboxylic acids is 12. The number of para-hydroxylation sites is 2. The zero-order valence-electron chi connectivity index (χ0n) is 65.3. The largest absolute Gasteiger partial charge is 0.388 e. The SMILES string of the molecule is CC1(C)CC(=O)[C@@H]2CSSC[C@H](NC(=O)[C@H](Cc3c[nH]c4ccccc34)NC(=O)[C@H](CCCNC(=N)N)NC(=O)[C@@H](Cc3ccccc3)NC(=O)[C@H](Cc3c[nH]cn3)CC1=O)C(=O)NC(C)(C)C(=O)N[C@@H](Cc1c[nH]cn1)C(=O)N[C@H](Cc1ccccc1)C(=O)N[C@@H](CCCCC(=N)N)C(=O)C[C@@H](Cc1c[nH]c3ccccc13)C(=O)C2. The van der Waals surface area contributed by atoms with Gasteiger partial charge in [0.2, 0.25) is 47.3 Å². The molecular formula is C83H103N19O12S2. The van der Waals surface area contributed by atoms with Gasteiger partial charge in [-0.2, -0.15) is 0 Å². The summed E-state index contributed by atoms with van der Waals surface area (Å²) in [7, 11) is 2.08. The smallest absolute Gasteiger partial charge is 0.245 e. The Labute approximate surface area is 679 Å². The lowest BCUT2D eigenvalue weighted by atomic mass is 9.75. The lowest BCUT2D eigenvalue weighted by molar-refractivity contribution is -0.138. The second-order valence-corrected chi connectivity index (χ2v) is 33.5. The first-order valence-corrected chi connectivity index (χ1v) is 41.4. The molecule has 0 unspecified atom stereocenters. The van der Waals surface area contributed by atoms with Gasteiger partial charge in [-0.05, 0) is 80.3 Å². The van der Waals surface area contributed by atoms with Crippen LogP contribution in [-0.4, -0.2) is 178 Å². The molecule has 10 atom stereocenters. The molecule has 8 amide bonds. The van der Waals surface area contributed by atoms with Crippen molar-refractivity contribution in [2.75, 3.05) is 18.1 Å². The monoisotopic (exact) mass is 1620 g/mol. The number of ketones is 4. The van der Waals surface area contributed by atoms with Crippen LogP contribution in [0.5, 0.6) is 0 Å². The number of amides is 8. The molecule has 19 N–H and O–H groups in total. The van der Waals surface area contributed by atoms with E-state index in [4.69, 9.17) is 22.3 Å². The van der Waals surface area contributed by atoms with E-state index in [1.54, 1.807) is 105 Å². The van der Waals surface area contributed by atoms with E-state index >= 15 is 57.5 Å². The molecule has 2 fully saturated rings. The van der Waals surface area contributed by atoms with Gasteiger partial charge in [0.15, 0.2) is 11.7 Å². The molecule has 31 nitrogen and oxygen atoms in total. The molecule has 4 aromatic carbocycles. The van der Waals surface area contributed by atoms with Crippen molar-refractivity contribution in [2.24, 2.45) is 34.6 Å². The number of imidazole rings is 2. The molecular weight excluding hydrogens is 1520 g/mol. The summed E-state index contributed by atoms with van der Waals surface area (Å²) in [6, 6.07) is 21.8. The van der Waals surface area contributed by atoms with Crippen LogP contribution in [0.1, 0.15) is 126 Å². The van der Waals surface area contributed by atoms with E-state index < -0.39 is 167 Å². The van der Waals surface area contributed by atoms with Crippen molar-refractivity contribution in [1.82, 2.24) is 77.8 Å². The maximum Gasteiger partial charge on any atom is 0.245 e. The highest BCUT2D eigenvalue weighted by molar-refractivity contribution is 8.76. The quantitative estimate of drug-likeness (QED) is 0.0194. The lowest BCUT2D eigenvalue weighted by Crippen LogP contribution is -2.64. The molecule has 6 heterocycles. The summed E-state index contributed by atoms with van der Waals surface area (Å²) in [5.41, 5.74) is 12.5. The Morgan fingerprint density at radius 2 is 0.974 bits per heavy atom. The highest BCUT2D eigenvalue weighted by Crippen LogP contribution is 2.35. The number of guanidine groups is 1. The van der Waals surface area contributed by atoms with Crippen LogP contribution in [0.4, 0.5) is 0 Å². The number of hydrogen-bond donors (Lipinski definition) is 17. The summed E-state index contributed by atoms with van der Waals surface area (Å²) in [5, 5.41) is 42.8. The Morgan fingerprint density at radius 3 is 1.55 bits per heavy atom. The third kappa shape index (κ3) is 24.9. The number of H-pyrrole nitrogens is 4. The van der Waals surface area contributed by atoms with Gasteiger partial charge in [-0.25, -0.2) is 9.97 Å². The van der Waals surface area contributed by atoms with Crippen molar-refractivity contribution in [3.8, 4) is 0 Å². The topological polar surface area (TPSA) is 502 Å². The van der Waals surface area contributed by atoms with Gasteiger partial charge in [-0.15, -0.1) is 0 Å². The fourth-order valence-corrected chi connectivity index (χ4v) is 16.8. The molecule has 0 radical (unpaired) electrons. The molecule has 2 aliphatic heterocycles. The Hall–Kier alpha value is -11.7. The van der Waals surface area contributed by atoms with Crippen LogP contribution in [0.25, 0.3) is 21.8 Å². The number of benzene rings is 4. The molecule has 33 heteroatoms. The molecule has 0 spiro atoms. The van der Waals surface area contributed by atoms with E-state index in [-0.39, 0.29) is 100 Å². The summed E-state index contributed by atoms with van der Waals surface area (Å²) in [4.78, 5) is 206. The minimum absolute atomic E-state index is 0.00578. The van der Waals surface area contributed by atoms with Crippen LogP contribution in [0, 0.1) is 34.0 Å². The average Bonchev–Trinajstić information content (AvgIpc) is 1.43. The first-order valence-electron chi connectivity index (χ1n) is 38.9. The second-order valence-electron chi connectivity index (χ2n) is 31.0. The van der Waals surface area contributed by atoms with Gasteiger partial charge >= 0.3 is 0 Å². The van der Waals surface area contributed by atoms with Crippen LogP contribution in [-0.2, 0) is 96.1 Å². The maximum absolute atomic E-state index is 15.9. The van der Waals surface area contributed by atoms with Crippen molar-refractivity contribution in [1.29, 1.82) is 10.8 Å². The van der Waals surface area contributed by atoms with Crippen LogP contribution in [0.2, 0.25) is 0 Å². The van der Waals surface area contributed by atoms with E-state index in [9.17, 15) is 0 Å². The molecule has 2 aliphatic rings. The van der Waals surface area contributed by atoms with Crippen molar-refractivity contribution >= 4 is 126 Å². The van der Waals surface area contributed by atoms with Crippen molar-refractivity contribution < 1.29 is 57.5 Å². The Morgan fingerprint density at radius 1 is 0.474 bits per heavy atom. The molecule has 4 aromatic heterocycles. The molecule has 2 saturated heterocycles. The highest BCUT2D eigenvalue weighted by atomic mass is 33.1. The van der Waals surface area contributed by atoms with E-state index in [0.29, 0.717) is 51.0 Å². The van der Waals surface area contributed by atoms with Gasteiger partial charge < -0.3 is 79.3 Å². The summed E-state index contributed by atoms with van der Waals surface area (Å²) < 4.78 is 0. The third-order valence-electron chi connectivity index (χ3n) is 21.0. The number of nitrogens with two attached hydrogens (primary N) is 2. The van der Waals surface area contributed by atoms with Crippen LogP contribution < -0.4 is 59.3 Å². The van der Waals surface area contributed by atoms with Crippen molar-refractivity contribution in [3.63, 3.8) is 0 Å². The molecule has 10 rings (SSSR count). The molecule has 614 valence electrons. The fraction of sp³-hybridized carbons (Fsp3) is 0.422. The number of nitrogens with one attached hydrogen (secondary N) is 15. The normalized spacial score (nSPS) is 23.2. The summed E-state index contributed by atoms with van der Waals surface area (Å²) in [6.45, 7) is 5.91. The second kappa shape index (κ2) is 41.0. The fourth-order valence-electron chi connectivity index (χ4n) is 14.3. The average molecular weight is 1620 g/mol. The first kappa shape index (κ1) is 86.7. The van der Waals surface area contributed by atoms with E-state index in [1.165, 1.54) is 32.7 Å². The predicted octanol–water partition coefficient (Wildman–Crippen LogP) is 5.02. The molecule has 0 aliphatic carbocycles. The van der Waals surface area contributed by atoms with Gasteiger partial charge in [0.25, 0.3) is 0 Å². The summed E-state index contributed by atoms with van der Waals surface area (Å²) in [5.74, 6) is -13.7. The predicted molar refractivity (Wildman–Crippen MR) is 442 cm³/mol. The van der Waals surface area contributed by atoms with Gasteiger partial charge in [0, 0.05) is 146 Å². The zero-order valence-corrected chi connectivity index (χ0v) is 67.0. The summed E-state index contributed by atoms with van der Waals surface area (Å²) in [6.07, 6.45) is 7.21. The minimum Gasteiger partial charge on any atom is -0.388 e. The highest BCUT2D eigenvalue weighted by Gasteiger charge is 2.42. The van der Waals surface area contributed by atoms with Gasteiger partial charge in [0.05, 0.1) is 41.8 Å². The van der Waals surface area contributed by atoms with Gasteiger partial charge in [-0.3, -0.25) is 68.4 Å². The van der Waals surface area contributed by atoms with E-state index in [1.807, 2.05) is 36.4 Å². The number of fused-ring (bicyclic) bond motifs is 7. The Balaban J connectivity index is 1.10. The summed E-state index contributed by atoms with van der Waals surface area (Å²) >= 11 is 0. The number of aromatic nitrogens is 6. The van der Waals surface area contributed by atoms with Crippen molar-refractivity contribution in [3.05, 3.63) is 180 Å². The van der Waals surface area contributed by atoms with Gasteiger partial charge in [0.1, 0.15) is 59.1 Å². The number of carbonyl (C=O) groups is 12. The van der Waals surface area contributed by atoms with Crippen molar-refractivity contribution in [2.45, 2.75) is 178 Å². The molecule has 8 aromatic rings. The van der Waals surface area contributed by atoms with Crippen LogP contribution in [0.3, 0.4) is 0 Å². The van der Waals surface area contributed by atoms with E-state index in [2.05, 4.69) is 77.8 Å². The first-order chi connectivity index (χ1) is 55.6. The van der Waals surface area contributed by atoms with E-state index in [0.717, 1.165) is 32.5 Å². The molecule has 2 bridgehead atoms. The number of Topliss-reactive ketones (excluding diaryl/α,β-unsaturated/α-hetero) is 4. The van der Waals surface area contributed by atoms with Gasteiger partial charge in [-0.1, -0.05) is 139 Å². The third-order valence-corrected chi connectivity index (χ3v) is 23.5. The number of amidine groups is 1.